The number of aromatic nitrogens is 4. The summed E-state index contributed by atoms with van der Waals surface area (Å²) < 4.78 is 6.54. The Morgan fingerprint density at radius 3 is 2.40 bits per heavy atom. The van der Waals surface area contributed by atoms with Gasteiger partial charge in [0.2, 0.25) is 0 Å². The first-order valence-electron chi connectivity index (χ1n) is 13.8. The van der Waals surface area contributed by atoms with Gasteiger partial charge in [0.15, 0.2) is 5.82 Å². The molecular formula is C31H37N5O3S. The molecule has 2 aromatic carbocycles. The lowest BCUT2D eigenvalue weighted by Gasteiger charge is -2.24. The van der Waals surface area contributed by atoms with Crippen molar-refractivity contribution in [3.8, 4) is 22.5 Å². The van der Waals surface area contributed by atoms with Gasteiger partial charge in [-0.3, -0.25) is 18.9 Å². The average Bonchev–Trinajstić information content (AvgIpc) is 3.39. The van der Waals surface area contributed by atoms with Gasteiger partial charge in [0, 0.05) is 42.8 Å². The van der Waals surface area contributed by atoms with Crippen LogP contribution in [0.1, 0.15) is 62.7 Å². The normalized spacial score (nSPS) is 11.2. The predicted molar refractivity (Wildman–Crippen MR) is 163 cm³/mol. The predicted octanol–water partition coefficient (Wildman–Crippen LogP) is 5.55. The first-order chi connectivity index (χ1) is 19.2. The molecule has 2 heterocycles. The molecule has 4 rings (SSSR count). The lowest BCUT2D eigenvalue weighted by Crippen LogP contribution is -2.33. The summed E-state index contributed by atoms with van der Waals surface area (Å²) in [5.74, 6) is 0.609. The molecule has 0 saturated heterocycles. The molecule has 1 N–H and O–H groups in total. The highest BCUT2D eigenvalue weighted by Gasteiger charge is 2.17. The summed E-state index contributed by atoms with van der Waals surface area (Å²) in [6.45, 7) is 8.72. The number of thiocarbonyl (C=S) groups is 1. The molecule has 0 radical (unpaired) electrons. The summed E-state index contributed by atoms with van der Waals surface area (Å²) >= 11 is 5.62. The van der Waals surface area contributed by atoms with E-state index < -0.39 is 5.76 Å². The third-order valence-corrected chi connectivity index (χ3v) is 7.78. The molecule has 0 aliphatic carbocycles. The Kier molecular flexibility index (Phi) is 9.47. The SMILES string of the molecule is CCCCc1nc(C)c(CCC(=S)N(C)C(C)C)c(=O)n1Cc1ccc(-c2ccccc2-c2noc(=O)[nH]2)cc1. The van der Waals surface area contributed by atoms with E-state index in [0.29, 0.717) is 31.3 Å². The number of hydrogen-bond donors (Lipinski definition) is 1. The van der Waals surface area contributed by atoms with Crippen LogP contribution in [0, 0.1) is 6.92 Å². The van der Waals surface area contributed by atoms with E-state index in [4.69, 9.17) is 21.7 Å². The summed E-state index contributed by atoms with van der Waals surface area (Å²) in [6.07, 6.45) is 3.96. The highest BCUT2D eigenvalue weighted by molar-refractivity contribution is 7.80. The average molecular weight is 560 g/mol. The van der Waals surface area contributed by atoms with Gasteiger partial charge in [-0.2, -0.15) is 0 Å². The fourth-order valence-electron chi connectivity index (χ4n) is 4.69. The topological polar surface area (TPSA) is 97.0 Å². The number of benzene rings is 2. The van der Waals surface area contributed by atoms with Crippen molar-refractivity contribution < 1.29 is 4.52 Å². The summed E-state index contributed by atoms with van der Waals surface area (Å²) in [5, 5.41) is 3.85. The van der Waals surface area contributed by atoms with Crippen LogP contribution in [0.5, 0.6) is 0 Å². The maximum absolute atomic E-state index is 13.8. The molecule has 0 atom stereocenters. The highest BCUT2D eigenvalue weighted by atomic mass is 32.1. The lowest BCUT2D eigenvalue weighted by atomic mass is 9.98. The van der Waals surface area contributed by atoms with Gasteiger partial charge in [0.05, 0.1) is 11.5 Å². The highest BCUT2D eigenvalue weighted by Crippen LogP contribution is 2.30. The summed E-state index contributed by atoms with van der Waals surface area (Å²) in [5.41, 5.74) is 5.19. The van der Waals surface area contributed by atoms with Crippen LogP contribution in [-0.4, -0.2) is 42.7 Å². The quantitative estimate of drug-likeness (QED) is 0.241. The van der Waals surface area contributed by atoms with Gasteiger partial charge in [0.1, 0.15) is 5.82 Å². The largest absolute Gasteiger partial charge is 0.439 e. The van der Waals surface area contributed by atoms with E-state index in [-0.39, 0.29) is 5.56 Å². The molecule has 0 unspecified atom stereocenters. The van der Waals surface area contributed by atoms with E-state index in [1.165, 1.54) is 0 Å². The maximum atomic E-state index is 13.8. The van der Waals surface area contributed by atoms with Crippen LogP contribution in [0.2, 0.25) is 0 Å². The van der Waals surface area contributed by atoms with Crippen molar-refractivity contribution >= 4 is 17.2 Å². The Morgan fingerprint density at radius 1 is 1.07 bits per heavy atom. The number of unbranched alkanes of at least 4 members (excludes halogenated alkanes) is 1. The van der Waals surface area contributed by atoms with Crippen LogP contribution in [0.15, 0.2) is 62.6 Å². The Bertz CT molecular complexity index is 1580. The van der Waals surface area contributed by atoms with Crippen molar-refractivity contribution in [3.05, 3.63) is 92.1 Å². The smallest absolute Gasteiger partial charge is 0.367 e. The molecule has 0 saturated carbocycles. The second-order valence-electron chi connectivity index (χ2n) is 10.4. The summed E-state index contributed by atoms with van der Waals surface area (Å²) in [4.78, 5) is 35.8. The molecule has 210 valence electrons. The molecular weight excluding hydrogens is 522 g/mol. The van der Waals surface area contributed by atoms with E-state index in [1.807, 2.05) is 67.1 Å². The number of hydrogen-bond acceptors (Lipinski definition) is 6. The third-order valence-electron chi connectivity index (χ3n) is 7.29. The fourth-order valence-corrected chi connectivity index (χ4v) is 5.00. The van der Waals surface area contributed by atoms with Crippen molar-refractivity contribution in [1.29, 1.82) is 0 Å². The first kappa shape index (κ1) is 29.1. The Morgan fingerprint density at radius 2 is 1.77 bits per heavy atom. The minimum absolute atomic E-state index is 0.0120. The molecule has 0 aliphatic rings. The number of aryl methyl sites for hydroxylation is 2. The molecule has 8 nitrogen and oxygen atoms in total. The van der Waals surface area contributed by atoms with Gasteiger partial charge in [-0.05, 0) is 50.3 Å². The van der Waals surface area contributed by atoms with Gasteiger partial charge in [-0.1, -0.05) is 79.3 Å². The van der Waals surface area contributed by atoms with Gasteiger partial charge in [-0.25, -0.2) is 9.78 Å². The first-order valence-corrected chi connectivity index (χ1v) is 14.2. The summed E-state index contributed by atoms with van der Waals surface area (Å²) in [7, 11) is 2.00. The zero-order chi connectivity index (χ0) is 28.8. The van der Waals surface area contributed by atoms with Crippen LogP contribution in [0.4, 0.5) is 0 Å². The zero-order valence-electron chi connectivity index (χ0n) is 23.9. The van der Waals surface area contributed by atoms with Crippen molar-refractivity contribution in [3.63, 3.8) is 0 Å². The molecule has 2 aromatic heterocycles. The monoisotopic (exact) mass is 559 g/mol. The molecule has 0 aliphatic heterocycles. The van der Waals surface area contributed by atoms with Gasteiger partial charge in [0.25, 0.3) is 5.56 Å². The number of aromatic amines is 1. The molecule has 0 bridgehead atoms. The van der Waals surface area contributed by atoms with Crippen molar-refractivity contribution in [2.45, 2.75) is 72.4 Å². The van der Waals surface area contributed by atoms with Crippen molar-refractivity contribution in [2.24, 2.45) is 0 Å². The van der Waals surface area contributed by atoms with E-state index in [9.17, 15) is 9.59 Å². The fraction of sp³-hybridized carbons (Fsp3) is 0.387. The molecule has 0 spiro atoms. The number of rotatable bonds is 11. The lowest BCUT2D eigenvalue weighted by molar-refractivity contribution is 0.388. The minimum Gasteiger partial charge on any atom is -0.367 e. The van der Waals surface area contributed by atoms with Gasteiger partial charge < -0.3 is 4.90 Å². The molecule has 9 heteroatoms. The van der Waals surface area contributed by atoms with Gasteiger partial charge >= 0.3 is 5.76 Å². The van der Waals surface area contributed by atoms with Crippen LogP contribution in [0.3, 0.4) is 0 Å². The van der Waals surface area contributed by atoms with Crippen LogP contribution in [0.25, 0.3) is 22.5 Å². The molecule has 0 fully saturated rings. The number of H-pyrrole nitrogens is 1. The van der Waals surface area contributed by atoms with Crippen molar-refractivity contribution in [2.75, 3.05) is 7.05 Å². The molecule has 40 heavy (non-hydrogen) atoms. The van der Waals surface area contributed by atoms with Crippen LogP contribution < -0.4 is 11.3 Å². The Hall–Kier alpha value is -3.85. The third kappa shape index (κ3) is 6.65. The maximum Gasteiger partial charge on any atom is 0.439 e. The standard InChI is InChI=1S/C31H37N5O3S/c1-6-7-12-27-32-21(4)24(17-18-28(40)35(5)20(2)3)30(37)36(27)19-22-13-15-23(16-14-22)25-10-8-9-11-26(25)29-33-31(38)39-34-29/h8-11,13-16,20H,6-7,12,17-19H2,1-5H3,(H,33,34,38). The zero-order valence-corrected chi connectivity index (χ0v) is 24.7. The second-order valence-corrected chi connectivity index (χ2v) is 10.8. The van der Waals surface area contributed by atoms with E-state index in [1.54, 1.807) is 0 Å². The number of nitrogens with one attached hydrogen (secondary N) is 1. The Labute approximate surface area is 240 Å². The molecule has 0 amide bonds. The molecule has 4 aromatic rings. The van der Waals surface area contributed by atoms with E-state index in [2.05, 4.69) is 35.8 Å². The number of nitrogens with zero attached hydrogens (tertiary/aromatic N) is 4. The van der Waals surface area contributed by atoms with E-state index >= 15 is 0 Å². The summed E-state index contributed by atoms with van der Waals surface area (Å²) in [6, 6.07) is 16.1. The minimum atomic E-state index is -0.593. The van der Waals surface area contributed by atoms with Crippen LogP contribution >= 0.6 is 12.2 Å². The Balaban J connectivity index is 1.63. The van der Waals surface area contributed by atoms with Gasteiger partial charge in [-0.15, -0.1) is 0 Å². The van der Waals surface area contributed by atoms with Crippen molar-refractivity contribution in [1.82, 2.24) is 24.6 Å². The van der Waals surface area contributed by atoms with Crippen LogP contribution in [-0.2, 0) is 19.4 Å². The second kappa shape index (κ2) is 13.0. The van der Waals surface area contributed by atoms with E-state index in [0.717, 1.165) is 63.6 Å².